The number of Topliss-reactive ketones (excluding diaryl/α,β-unsaturated/α-hetero) is 4. The van der Waals surface area contributed by atoms with Gasteiger partial charge in [-0.2, -0.15) is 0 Å². The smallest absolute Gasteiger partial charge is 0.332 e. The molecule has 30 heteroatoms. The lowest BCUT2D eigenvalue weighted by Crippen LogP contribution is -2.13. The van der Waals surface area contributed by atoms with Gasteiger partial charge in [0.1, 0.15) is 0 Å². The minimum Gasteiger partial charge on any atom is -0.432 e. The fraction of sp³-hybridized carbons (Fsp3) is 0.145. The van der Waals surface area contributed by atoms with Crippen LogP contribution in [0.5, 0.6) is 23.0 Å². The van der Waals surface area contributed by atoms with Gasteiger partial charge in [-0.1, -0.05) is 137 Å². The van der Waals surface area contributed by atoms with Crippen LogP contribution in [0.25, 0.3) is 98.4 Å². The van der Waals surface area contributed by atoms with Gasteiger partial charge in [0, 0.05) is 151 Å². The molecule has 4 aliphatic heterocycles. The van der Waals surface area contributed by atoms with E-state index >= 15 is 0 Å². The Morgan fingerprint density at radius 1 is 0.314 bits per heavy atom. The molecule has 17 aromatic rings. The lowest BCUT2D eigenvalue weighted by molar-refractivity contribution is -0.142. The SMILES string of the molecule is CCn1c2ccc(C(=O)c3ccc(-c4ccccc4)cc3)cc2c2c3c(ccc21)C(=O)/C(=N/OC(C)=O)O3.CCn1c2ccc(C(=O)c3ccc(Br)cc3C)cc2c2c3c(ccc21)C(=O)/C(=N/OC(C)=O)O3.CCn1c2ccc(C(=O)c3ccccc3Br)cc2c2c3c(ccc21)C(=O)/C(=N/OC(C)=O)O3.CCn1c2ccc(C(=O)c3ccccc3C(C)C)cc2c2c3c(ccc21)C(=O)/C(=N/OC(C)=O)O3. The summed E-state index contributed by atoms with van der Waals surface area (Å²) >= 11 is 6.88. The molecular formula is C110H82Br2N8O20. The molecule has 8 heterocycles. The van der Waals surface area contributed by atoms with Crippen molar-refractivity contribution in [3.05, 3.63) is 329 Å². The Kier molecular flexibility index (Phi) is 25.6. The Bertz CT molecular complexity index is 8440. The number of hydrogen-bond donors (Lipinski definition) is 0. The van der Waals surface area contributed by atoms with E-state index in [0.29, 0.717) is 142 Å². The van der Waals surface area contributed by atoms with Gasteiger partial charge in [0.05, 0.1) is 65.9 Å². The molecule has 0 fully saturated rings. The molecule has 4 aliphatic rings. The number of carbonyl (C=O) groups excluding carboxylic acids is 12. The molecule has 0 amide bonds. The largest absolute Gasteiger partial charge is 0.432 e. The zero-order valence-corrected chi connectivity index (χ0v) is 80.2. The predicted molar refractivity (Wildman–Crippen MR) is 536 cm³/mol. The fourth-order valence-electron chi connectivity index (χ4n) is 18.2. The standard InChI is InChI=1S/C31H22N2O5.C28H24N2O5.C26H19BrN2O5.C25H17BrN2O5/c1-3-33-25-15-13-22(28(35)21-11-9-20(10-12-21)19-7-5-4-6-8-19)17-24(25)27-26(33)16-14-23-29(36)31(37-30(23)27)32-38-18(2)34;1-5-30-22-12-10-17(25(32)19-9-7-6-8-18(19)15(2)3)14-21(22)24-23(30)13-11-20-26(33)28(34-27(20)24)29-35-16(4)31;1-4-29-20-9-5-15(23(31)17-7-6-16(27)11-13(17)2)12-19(20)22-21(29)10-8-18-24(32)26(33-25(18)22)28-34-14(3)30;1-3-28-19-10-8-14(22(30)15-6-4-5-7-18(15)26)12-17(19)21-20(28)11-9-16-23(31)25(32-24(16)21)27-33-13(2)29/h4-17H,3H2,1-2H3;6-15H,5H2,1-4H3;5-12H,4H2,1-3H3;4-12H,3H2,1-2H3/b32-31-;29-28-;28-26-;27-25-. The first-order valence-corrected chi connectivity index (χ1v) is 46.3. The highest BCUT2D eigenvalue weighted by Gasteiger charge is 2.39. The highest BCUT2D eigenvalue weighted by Crippen LogP contribution is 2.48. The summed E-state index contributed by atoms with van der Waals surface area (Å²) in [7, 11) is 0. The van der Waals surface area contributed by atoms with Crippen LogP contribution in [0, 0.1) is 6.92 Å². The molecule has 0 saturated carbocycles. The molecule has 140 heavy (non-hydrogen) atoms. The fourth-order valence-corrected chi connectivity index (χ4v) is 19.2. The average Bonchev–Trinajstić information content (AvgIpc) is 1.58. The molecule has 0 unspecified atom stereocenters. The van der Waals surface area contributed by atoms with Gasteiger partial charge in [0.2, 0.25) is 0 Å². The molecular weight excluding hydrogens is 1910 g/mol. The molecule has 13 aromatic carbocycles. The zero-order valence-electron chi connectivity index (χ0n) is 77.0. The Morgan fingerprint density at radius 2 is 0.607 bits per heavy atom. The van der Waals surface area contributed by atoms with Crippen LogP contribution in [0.15, 0.2) is 272 Å². The molecule has 0 saturated heterocycles. The van der Waals surface area contributed by atoms with Gasteiger partial charge in [0.15, 0.2) is 46.1 Å². The van der Waals surface area contributed by atoms with E-state index in [1.807, 2.05) is 235 Å². The Morgan fingerprint density at radius 3 is 0.936 bits per heavy atom. The molecule has 21 rings (SSSR count). The highest BCUT2D eigenvalue weighted by atomic mass is 79.9. The van der Waals surface area contributed by atoms with Crippen molar-refractivity contribution in [3.8, 4) is 34.1 Å². The van der Waals surface area contributed by atoms with E-state index in [4.69, 9.17) is 18.9 Å². The van der Waals surface area contributed by atoms with E-state index in [-0.39, 0.29) is 52.6 Å². The molecule has 0 atom stereocenters. The number of carbonyl (C=O) groups is 12. The van der Waals surface area contributed by atoms with Crippen molar-refractivity contribution in [1.29, 1.82) is 0 Å². The third kappa shape index (κ3) is 17.1. The van der Waals surface area contributed by atoms with E-state index in [1.165, 1.54) is 27.7 Å². The third-order valence-electron chi connectivity index (χ3n) is 24.5. The number of ketones is 8. The maximum Gasteiger partial charge on any atom is 0.332 e. The Hall–Kier alpha value is -16.9. The van der Waals surface area contributed by atoms with Crippen LogP contribution in [-0.2, 0) is 64.7 Å². The topological polar surface area (TPSA) is 348 Å². The number of fused-ring (bicyclic) bond motifs is 20. The summed E-state index contributed by atoms with van der Waals surface area (Å²) in [4.78, 5) is 168. The predicted octanol–water partition coefficient (Wildman–Crippen LogP) is 22.6. The molecule has 28 nitrogen and oxygen atoms in total. The van der Waals surface area contributed by atoms with Gasteiger partial charge in [-0.3, -0.25) is 38.4 Å². The summed E-state index contributed by atoms with van der Waals surface area (Å²) in [5, 5.41) is 20.3. The molecule has 0 bridgehead atoms. The number of oxime groups is 4. The van der Waals surface area contributed by atoms with Crippen molar-refractivity contribution in [3.63, 3.8) is 0 Å². The van der Waals surface area contributed by atoms with Gasteiger partial charge in [0.25, 0.3) is 23.1 Å². The van der Waals surface area contributed by atoms with E-state index in [2.05, 4.69) is 104 Å². The first-order chi connectivity index (χ1) is 67.5. The van der Waals surface area contributed by atoms with Gasteiger partial charge >= 0.3 is 47.5 Å². The minimum atomic E-state index is -0.655. The Balaban J connectivity index is 0.000000124. The summed E-state index contributed by atoms with van der Waals surface area (Å²) < 4.78 is 33.2. The summed E-state index contributed by atoms with van der Waals surface area (Å²) in [6, 6.07) is 74.5. The van der Waals surface area contributed by atoms with Crippen molar-refractivity contribution in [2.75, 3.05) is 0 Å². The first kappa shape index (κ1) is 93.5. The minimum absolute atomic E-state index is 0.0599. The van der Waals surface area contributed by atoms with E-state index < -0.39 is 47.0 Å². The lowest BCUT2D eigenvalue weighted by atomic mass is 9.91. The number of benzene rings is 13. The second-order valence-electron chi connectivity index (χ2n) is 33.3. The monoisotopic (exact) mass is 1990 g/mol. The quantitative estimate of drug-likeness (QED) is 0.0437. The number of rotatable bonds is 18. The van der Waals surface area contributed by atoms with Crippen molar-refractivity contribution in [2.45, 2.75) is 108 Å². The van der Waals surface area contributed by atoms with Crippen LogP contribution in [0.4, 0.5) is 0 Å². The van der Waals surface area contributed by atoms with Crippen LogP contribution in [0.3, 0.4) is 0 Å². The molecule has 696 valence electrons. The second-order valence-corrected chi connectivity index (χ2v) is 35.1. The van der Waals surface area contributed by atoms with Crippen molar-refractivity contribution >= 4 is 213 Å². The van der Waals surface area contributed by atoms with Crippen LogP contribution >= 0.6 is 31.9 Å². The normalized spacial score (nSPS) is 13.9. The number of nitrogens with zero attached hydrogens (tertiary/aromatic N) is 8. The number of ether oxygens (including phenoxy) is 4. The molecule has 0 aliphatic carbocycles. The van der Waals surface area contributed by atoms with Crippen molar-refractivity contribution in [1.82, 2.24) is 18.3 Å². The zero-order chi connectivity index (χ0) is 98.7. The summed E-state index contributed by atoms with van der Waals surface area (Å²) in [5.41, 5.74) is 17.0. The van der Waals surface area contributed by atoms with Crippen LogP contribution in [-0.4, -0.2) is 112 Å². The van der Waals surface area contributed by atoms with Gasteiger partial charge in [-0.25, -0.2) is 19.2 Å². The van der Waals surface area contributed by atoms with E-state index in [0.717, 1.165) is 92.4 Å². The van der Waals surface area contributed by atoms with Crippen molar-refractivity contribution in [2.24, 2.45) is 20.6 Å². The molecule has 0 spiro atoms. The maximum absolute atomic E-state index is 13.6. The van der Waals surface area contributed by atoms with Crippen LogP contribution in [0.2, 0.25) is 0 Å². The van der Waals surface area contributed by atoms with Crippen LogP contribution < -0.4 is 18.9 Å². The van der Waals surface area contributed by atoms with E-state index in [1.54, 1.807) is 42.5 Å². The molecule has 0 N–H and O–H groups in total. The number of halogens is 2. The highest BCUT2D eigenvalue weighted by molar-refractivity contribution is 9.10. The average molecular weight is 2000 g/mol. The summed E-state index contributed by atoms with van der Waals surface area (Å²) in [6.07, 6.45) is 0. The maximum atomic E-state index is 13.6. The number of aryl methyl sites for hydroxylation is 5. The van der Waals surface area contributed by atoms with Gasteiger partial charge in [-0.05, 0) is 235 Å². The second kappa shape index (κ2) is 38.4. The first-order valence-electron chi connectivity index (χ1n) is 44.7. The number of hydrogen-bond acceptors (Lipinski definition) is 24. The van der Waals surface area contributed by atoms with Gasteiger partial charge < -0.3 is 56.6 Å². The van der Waals surface area contributed by atoms with E-state index in [9.17, 15) is 57.5 Å². The third-order valence-corrected chi connectivity index (χ3v) is 25.6. The Labute approximate surface area is 814 Å². The lowest BCUT2D eigenvalue weighted by Gasteiger charge is -2.12. The van der Waals surface area contributed by atoms with Crippen LogP contribution in [0.1, 0.15) is 191 Å². The summed E-state index contributed by atoms with van der Waals surface area (Å²) in [5.74, 6) is -4.46. The molecule has 0 radical (unpaired) electrons. The summed E-state index contributed by atoms with van der Waals surface area (Å²) in [6.45, 7) is 21.6. The van der Waals surface area contributed by atoms with Crippen molar-refractivity contribution < 1.29 is 95.8 Å². The number of aromatic nitrogens is 4. The van der Waals surface area contributed by atoms with Gasteiger partial charge in [-0.15, -0.1) is 0 Å². The molecule has 4 aromatic heterocycles.